The van der Waals surface area contributed by atoms with Gasteiger partial charge in [0.2, 0.25) is 0 Å². The molecule has 1 aromatic rings. The molecule has 0 bridgehead atoms. The van der Waals surface area contributed by atoms with Gasteiger partial charge in [-0.15, -0.1) is 0 Å². The third kappa shape index (κ3) is 5.08. The Morgan fingerprint density at radius 3 is 2.45 bits per heavy atom. The van der Waals surface area contributed by atoms with E-state index < -0.39 is 0 Å². The van der Waals surface area contributed by atoms with Gasteiger partial charge in [-0.3, -0.25) is 0 Å². The minimum atomic E-state index is -0.207. The number of hydrogen-bond acceptors (Lipinski definition) is 1. The van der Waals surface area contributed by atoms with E-state index in [1.807, 2.05) is 25.1 Å². The van der Waals surface area contributed by atoms with Crippen molar-refractivity contribution in [2.45, 2.75) is 47.5 Å². The number of amides is 2. The molecule has 0 spiro atoms. The van der Waals surface area contributed by atoms with Crippen LogP contribution in [0.2, 0.25) is 0 Å². The molecule has 20 heavy (non-hydrogen) atoms. The molecule has 0 atom stereocenters. The Balaban J connectivity index is 2.79. The summed E-state index contributed by atoms with van der Waals surface area (Å²) in [6, 6.07) is 5.87. The van der Waals surface area contributed by atoms with Crippen LogP contribution < -0.4 is 10.6 Å². The first-order valence-corrected chi connectivity index (χ1v) is 7.05. The molecule has 1 aromatic carbocycles. The fraction of sp³-hybridized carbons (Fsp3) is 0.471. The molecule has 0 aliphatic rings. The lowest BCUT2D eigenvalue weighted by atomic mass is 9.97. The summed E-state index contributed by atoms with van der Waals surface area (Å²) in [6.07, 6.45) is 3.66. The summed E-state index contributed by atoms with van der Waals surface area (Å²) >= 11 is 0. The number of hydrogen-bond donors (Lipinski definition) is 2. The first kappa shape index (κ1) is 16.3. The second-order valence-corrected chi connectivity index (χ2v) is 6.49. The third-order valence-electron chi connectivity index (χ3n) is 2.96. The number of rotatable bonds is 3. The zero-order chi connectivity index (χ0) is 15.3. The number of urea groups is 1. The number of carbonyl (C=O) groups is 1. The van der Waals surface area contributed by atoms with E-state index >= 15 is 0 Å². The van der Waals surface area contributed by atoms with E-state index in [1.54, 1.807) is 6.20 Å². The summed E-state index contributed by atoms with van der Waals surface area (Å²) in [6.45, 7) is 12.5. The Hall–Kier alpha value is -1.77. The maximum atomic E-state index is 12.0. The van der Waals surface area contributed by atoms with Crippen molar-refractivity contribution in [3.8, 4) is 0 Å². The van der Waals surface area contributed by atoms with E-state index in [4.69, 9.17) is 0 Å². The van der Waals surface area contributed by atoms with Gasteiger partial charge in [-0.25, -0.2) is 4.79 Å². The van der Waals surface area contributed by atoms with Crippen molar-refractivity contribution in [3.05, 3.63) is 41.6 Å². The summed E-state index contributed by atoms with van der Waals surface area (Å²) in [7, 11) is 0. The monoisotopic (exact) mass is 274 g/mol. The Kier molecular flexibility index (Phi) is 5.37. The van der Waals surface area contributed by atoms with Gasteiger partial charge in [0.05, 0.1) is 0 Å². The van der Waals surface area contributed by atoms with Gasteiger partial charge < -0.3 is 10.6 Å². The average molecular weight is 274 g/mol. The average Bonchev–Trinajstić information content (AvgIpc) is 2.29. The number of allylic oxidation sites excluding steroid dienone is 1. The SMILES string of the molecule is Cc1cccc(C(C)C)c1NC(=O)N/C=C/C(C)(C)C. The van der Waals surface area contributed by atoms with Crippen LogP contribution in [0.4, 0.5) is 10.5 Å². The zero-order valence-corrected chi connectivity index (χ0v) is 13.4. The molecule has 0 radical (unpaired) electrons. The molecular formula is C17H26N2O. The molecule has 0 saturated heterocycles. The van der Waals surface area contributed by atoms with E-state index in [2.05, 4.69) is 51.3 Å². The smallest absolute Gasteiger partial charge is 0.315 e. The Morgan fingerprint density at radius 1 is 1.25 bits per heavy atom. The Morgan fingerprint density at radius 2 is 1.90 bits per heavy atom. The molecule has 1 rings (SSSR count). The largest absolute Gasteiger partial charge is 0.323 e. The van der Waals surface area contributed by atoms with E-state index in [-0.39, 0.29) is 11.4 Å². The molecular weight excluding hydrogens is 248 g/mol. The highest BCUT2D eigenvalue weighted by atomic mass is 16.2. The third-order valence-corrected chi connectivity index (χ3v) is 2.96. The predicted molar refractivity (Wildman–Crippen MR) is 86.0 cm³/mol. The Labute approximate surface area is 122 Å². The molecule has 0 unspecified atom stereocenters. The van der Waals surface area contributed by atoms with Crippen molar-refractivity contribution in [2.24, 2.45) is 5.41 Å². The van der Waals surface area contributed by atoms with Gasteiger partial charge in [-0.2, -0.15) is 0 Å². The fourth-order valence-corrected chi connectivity index (χ4v) is 1.86. The van der Waals surface area contributed by atoms with Crippen LogP contribution in [0, 0.1) is 12.3 Å². The molecule has 2 N–H and O–H groups in total. The van der Waals surface area contributed by atoms with Crippen molar-refractivity contribution in [1.82, 2.24) is 5.32 Å². The number of benzene rings is 1. The quantitative estimate of drug-likeness (QED) is 0.816. The van der Waals surface area contributed by atoms with Gasteiger partial charge in [0.25, 0.3) is 0 Å². The fourth-order valence-electron chi connectivity index (χ4n) is 1.86. The van der Waals surface area contributed by atoms with E-state index in [0.29, 0.717) is 5.92 Å². The van der Waals surface area contributed by atoms with Gasteiger partial charge in [-0.05, 0) is 29.4 Å². The normalized spacial score (nSPS) is 11.9. The number of aryl methyl sites for hydroxylation is 1. The minimum absolute atomic E-state index is 0.0546. The summed E-state index contributed by atoms with van der Waals surface area (Å²) in [5, 5.41) is 5.70. The molecule has 110 valence electrons. The van der Waals surface area contributed by atoms with Crippen molar-refractivity contribution in [3.63, 3.8) is 0 Å². The van der Waals surface area contributed by atoms with E-state index in [0.717, 1.165) is 16.8 Å². The number of para-hydroxylation sites is 1. The molecule has 3 nitrogen and oxygen atoms in total. The van der Waals surface area contributed by atoms with Crippen molar-refractivity contribution < 1.29 is 4.79 Å². The molecule has 0 aliphatic heterocycles. The maximum Gasteiger partial charge on any atom is 0.323 e. The highest BCUT2D eigenvalue weighted by molar-refractivity contribution is 5.91. The van der Waals surface area contributed by atoms with Gasteiger partial charge in [-0.1, -0.05) is 58.9 Å². The second kappa shape index (κ2) is 6.60. The molecule has 0 aromatic heterocycles. The zero-order valence-electron chi connectivity index (χ0n) is 13.4. The second-order valence-electron chi connectivity index (χ2n) is 6.49. The topological polar surface area (TPSA) is 41.1 Å². The summed E-state index contributed by atoms with van der Waals surface area (Å²) in [4.78, 5) is 12.0. The number of anilines is 1. The van der Waals surface area contributed by atoms with Crippen LogP contribution in [0.1, 0.15) is 51.7 Å². The van der Waals surface area contributed by atoms with Gasteiger partial charge >= 0.3 is 6.03 Å². The highest BCUT2D eigenvalue weighted by Crippen LogP contribution is 2.27. The van der Waals surface area contributed by atoms with Crippen LogP contribution in [0.25, 0.3) is 0 Å². The molecule has 0 heterocycles. The molecule has 2 amide bonds. The first-order valence-electron chi connectivity index (χ1n) is 7.05. The van der Waals surface area contributed by atoms with Crippen LogP contribution in [0.3, 0.4) is 0 Å². The lowest BCUT2D eigenvalue weighted by Crippen LogP contribution is -2.25. The van der Waals surface area contributed by atoms with Crippen LogP contribution in [-0.4, -0.2) is 6.03 Å². The van der Waals surface area contributed by atoms with Gasteiger partial charge in [0.1, 0.15) is 0 Å². The minimum Gasteiger partial charge on any atom is -0.315 e. The van der Waals surface area contributed by atoms with Gasteiger partial charge in [0.15, 0.2) is 0 Å². The lowest BCUT2D eigenvalue weighted by molar-refractivity contribution is 0.255. The number of nitrogens with one attached hydrogen (secondary N) is 2. The van der Waals surface area contributed by atoms with E-state index in [9.17, 15) is 4.79 Å². The van der Waals surface area contributed by atoms with Crippen molar-refractivity contribution in [1.29, 1.82) is 0 Å². The standard InChI is InChI=1S/C17H26N2O/c1-12(2)14-9-7-8-13(3)15(14)19-16(20)18-11-10-17(4,5)6/h7-12H,1-6H3,(H2,18,19,20)/b11-10+. The summed E-state index contributed by atoms with van der Waals surface area (Å²) in [5.74, 6) is 0.371. The number of carbonyl (C=O) groups excluding carboxylic acids is 1. The summed E-state index contributed by atoms with van der Waals surface area (Å²) < 4.78 is 0. The lowest BCUT2D eigenvalue weighted by Gasteiger charge is -2.16. The molecule has 0 fully saturated rings. The van der Waals surface area contributed by atoms with Crippen molar-refractivity contribution in [2.75, 3.05) is 5.32 Å². The van der Waals surface area contributed by atoms with Gasteiger partial charge in [0, 0.05) is 11.9 Å². The molecule has 0 aliphatic carbocycles. The summed E-state index contributed by atoms with van der Waals surface area (Å²) in [5.41, 5.74) is 3.19. The van der Waals surface area contributed by atoms with Crippen LogP contribution in [0.15, 0.2) is 30.5 Å². The molecule has 0 saturated carbocycles. The van der Waals surface area contributed by atoms with Crippen LogP contribution >= 0.6 is 0 Å². The molecule has 3 heteroatoms. The van der Waals surface area contributed by atoms with Crippen LogP contribution in [-0.2, 0) is 0 Å². The van der Waals surface area contributed by atoms with Crippen LogP contribution in [0.5, 0.6) is 0 Å². The first-order chi connectivity index (χ1) is 9.20. The van der Waals surface area contributed by atoms with E-state index in [1.165, 1.54) is 0 Å². The predicted octanol–water partition coefficient (Wildman–Crippen LogP) is 4.80. The highest BCUT2D eigenvalue weighted by Gasteiger charge is 2.11. The van der Waals surface area contributed by atoms with Crippen molar-refractivity contribution >= 4 is 11.7 Å². The Bertz CT molecular complexity index is 496. The maximum absolute atomic E-state index is 12.0.